The third-order valence-electron chi connectivity index (χ3n) is 6.16. The summed E-state index contributed by atoms with van der Waals surface area (Å²) in [5, 5.41) is 0. The zero-order valence-electron chi connectivity index (χ0n) is 19.6. The molecule has 0 aliphatic carbocycles. The van der Waals surface area contributed by atoms with Gasteiger partial charge in [0.05, 0.1) is 0 Å². The van der Waals surface area contributed by atoms with Crippen LogP contribution in [0.3, 0.4) is 0 Å². The monoisotopic (exact) mass is 498 g/mol. The second-order valence-corrected chi connectivity index (χ2v) is 8.77. The summed E-state index contributed by atoms with van der Waals surface area (Å²) >= 11 is 0. The van der Waals surface area contributed by atoms with Crippen molar-refractivity contribution in [3.63, 3.8) is 0 Å². The lowest BCUT2D eigenvalue weighted by atomic mass is 9.97. The Labute approximate surface area is 206 Å². The molecule has 0 nitrogen and oxygen atoms in total. The highest BCUT2D eigenvalue weighted by Gasteiger charge is 2.38. The van der Waals surface area contributed by atoms with E-state index in [1.54, 1.807) is 6.07 Å². The van der Waals surface area contributed by atoms with Gasteiger partial charge in [0.15, 0.2) is 0 Å². The van der Waals surface area contributed by atoms with Gasteiger partial charge in [-0.15, -0.1) is 0 Å². The van der Waals surface area contributed by atoms with Crippen LogP contribution in [0.5, 0.6) is 0 Å². The SMILES string of the molecule is CCCc1ccc(CCc2ccc(-c3ccc(-c4cc(F)c(C(F)(F)F)c(F)c4)c(F)c3)cc2)cc1. The van der Waals surface area contributed by atoms with Gasteiger partial charge in [0.2, 0.25) is 0 Å². The highest BCUT2D eigenvalue weighted by atomic mass is 19.4. The molecule has 0 aliphatic rings. The van der Waals surface area contributed by atoms with Gasteiger partial charge >= 0.3 is 6.18 Å². The zero-order chi connectivity index (χ0) is 25.9. The molecular formula is C30H24F6. The summed E-state index contributed by atoms with van der Waals surface area (Å²) in [6.45, 7) is 2.15. The molecule has 4 aromatic rings. The number of rotatable bonds is 7. The van der Waals surface area contributed by atoms with Gasteiger partial charge < -0.3 is 0 Å². The van der Waals surface area contributed by atoms with Crippen LogP contribution in [0.2, 0.25) is 0 Å². The summed E-state index contributed by atoms with van der Waals surface area (Å²) in [6.07, 6.45) is -1.24. The van der Waals surface area contributed by atoms with E-state index in [0.29, 0.717) is 17.7 Å². The number of halogens is 6. The average Bonchev–Trinajstić information content (AvgIpc) is 2.83. The van der Waals surface area contributed by atoms with Crippen molar-refractivity contribution in [1.82, 2.24) is 0 Å². The summed E-state index contributed by atoms with van der Waals surface area (Å²) < 4.78 is 81.1. The minimum absolute atomic E-state index is 0.188. The van der Waals surface area contributed by atoms with Gasteiger partial charge in [-0.05, 0) is 70.8 Å². The molecular weight excluding hydrogens is 474 g/mol. The van der Waals surface area contributed by atoms with Crippen molar-refractivity contribution in [2.24, 2.45) is 0 Å². The first-order valence-corrected chi connectivity index (χ1v) is 11.7. The van der Waals surface area contributed by atoms with Crippen LogP contribution in [-0.2, 0) is 25.4 Å². The lowest BCUT2D eigenvalue weighted by Crippen LogP contribution is -2.11. The van der Waals surface area contributed by atoms with Gasteiger partial charge in [0.1, 0.15) is 23.0 Å². The molecule has 4 aromatic carbocycles. The number of hydrogen-bond donors (Lipinski definition) is 0. The molecule has 0 unspecified atom stereocenters. The molecule has 4 rings (SSSR count). The quantitative estimate of drug-likeness (QED) is 0.223. The summed E-state index contributed by atoms with van der Waals surface area (Å²) in [6, 6.07) is 21.4. The van der Waals surface area contributed by atoms with Crippen LogP contribution in [0, 0.1) is 17.5 Å². The molecule has 36 heavy (non-hydrogen) atoms. The molecule has 0 N–H and O–H groups in total. The molecule has 0 spiro atoms. The smallest absolute Gasteiger partial charge is 0.206 e. The first-order valence-electron chi connectivity index (χ1n) is 11.7. The molecule has 0 atom stereocenters. The van der Waals surface area contributed by atoms with Crippen molar-refractivity contribution >= 4 is 0 Å². The maximum atomic E-state index is 14.8. The Bertz CT molecular complexity index is 1310. The Morgan fingerprint density at radius 1 is 0.528 bits per heavy atom. The van der Waals surface area contributed by atoms with Gasteiger partial charge in [0.25, 0.3) is 0 Å². The Kier molecular flexibility index (Phi) is 7.53. The minimum Gasteiger partial charge on any atom is -0.206 e. The van der Waals surface area contributed by atoms with Crippen LogP contribution >= 0.6 is 0 Å². The van der Waals surface area contributed by atoms with Gasteiger partial charge in [-0.1, -0.05) is 74.0 Å². The lowest BCUT2D eigenvalue weighted by Gasteiger charge is -2.12. The first-order chi connectivity index (χ1) is 17.2. The molecule has 0 amide bonds. The van der Waals surface area contributed by atoms with E-state index in [0.717, 1.165) is 36.8 Å². The summed E-state index contributed by atoms with van der Waals surface area (Å²) in [7, 11) is 0. The number of hydrogen-bond acceptors (Lipinski definition) is 0. The Morgan fingerprint density at radius 2 is 0.972 bits per heavy atom. The fraction of sp³-hybridized carbons (Fsp3) is 0.200. The van der Waals surface area contributed by atoms with E-state index in [1.807, 2.05) is 24.3 Å². The number of aryl methyl sites for hydroxylation is 3. The molecule has 6 heteroatoms. The Balaban J connectivity index is 1.48. The van der Waals surface area contributed by atoms with Crippen LogP contribution < -0.4 is 0 Å². The van der Waals surface area contributed by atoms with Crippen molar-refractivity contribution in [3.05, 3.63) is 119 Å². The average molecular weight is 499 g/mol. The molecule has 0 radical (unpaired) electrons. The Morgan fingerprint density at radius 3 is 1.44 bits per heavy atom. The van der Waals surface area contributed by atoms with Crippen LogP contribution in [0.1, 0.15) is 35.6 Å². The van der Waals surface area contributed by atoms with Crippen molar-refractivity contribution < 1.29 is 26.3 Å². The molecule has 0 fully saturated rings. The topological polar surface area (TPSA) is 0 Å². The maximum Gasteiger partial charge on any atom is 0.422 e. The molecule has 0 heterocycles. The fourth-order valence-corrected chi connectivity index (χ4v) is 4.24. The second kappa shape index (κ2) is 10.6. The normalized spacial score (nSPS) is 11.6. The highest BCUT2D eigenvalue weighted by molar-refractivity contribution is 5.71. The van der Waals surface area contributed by atoms with Crippen LogP contribution in [0.4, 0.5) is 26.3 Å². The molecule has 0 saturated carbocycles. The third-order valence-corrected chi connectivity index (χ3v) is 6.16. The van der Waals surface area contributed by atoms with E-state index >= 15 is 0 Å². The summed E-state index contributed by atoms with van der Waals surface area (Å²) in [5.74, 6) is -4.36. The van der Waals surface area contributed by atoms with Crippen molar-refractivity contribution in [1.29, 1.82) is 0 Å². The van der Waals surface area contributed by atoms with E-state index in [4.69, 9.17) is 0 Å². The summed E-state index contributed by atoms with van der Waals surface area (Å²) in [4.78, 5) is 0. The van der Waals surface area contributed by atoms with Crippen LogP contribution in [0.15, 0.2) is 78.9 Å². The van der Waals surface area contributed by atoms with E-state index in [1.165, 1.54) is 23.3 Å². The number of alkyl halides is 3. The standard InChI is InChI=1S/C30H24F6/c1-2-3-19-4-6-20(7-5-19)8-9-21-10-12-22(13-11-21)23-14-15-25(26(31)16-23)24-17-27(32)29(28(33)18-24)30(34,35)36/h4-7,10-18H,2-3,8-9H2,1H3. The van der Waals surface area contributed by atoms with E-state index in [2.05, 4.69) is 31.2 Å². The largest absolute Gasteiger partial charge is 0.422 e. The van der Waals surface area contributed by atoms with Crippen LogP contribution in [-0.4, -0.2) is 0 Å². The van der Waals surface area contributed by atoms with Crippen molar-refractivity contribution in [3.8, 4) is 22.3 Å². The first kappa shape index (κ1) is 25.5. The molecule has 0 bridgehead atoms. The van der Waals surface area contributed by atoms with Gasteiger partial charge in [-0.25, -0.2) is 13.2 Å². The predicted molar refractivity (Wildman–Crippen MR) is 130 cm³/mol. The molecule has 0 aromatic heterocycles. The number of benzene rings is 4. The predicted octanol–water partition coefficient (Wildman–Crippen LogP) is 9.19. The maximum absolute atomic E-state index is 14.8. The Hall–Kier alpha value is -3.54. The lowest BCUT2D eigenvalue weighted by molar-refractivity contribution is -0.142. The van der Waals surface area contributed by atoms with E-state index < -0.39 is 29.2 Å². The van der Waals surface area contributed by atoms with E-state index in [9.17, 15) is 26.3 Å². The van der Waals surface area contributed by atoms with Gasteiger partial charge in [-0.2, -0.15) is 13.2 Å². The van der Waals surface area contributed by atoms with E-state index in [-0.39, 0.29) is 11.1 Å². The van der Waals surface area contributed by atoms with Gasteiger partial charge in [-0.3, -0.25) is 0 Å². The molecule has 0 saturated heterocycles. The third kappa shape index (κ3) is 5.81. The van der Waals surface area contributed by atoms with Crippen LogP contribution in [0.25, 0.3) is 22.3 Å². The second-order valence-electron chi connectivity index (χ2n) is 8.77. The molecule has 0 aliphatic heterocycles. The van der Waals surface area contributed by atoms with Crippen molar-refractivity contribution in [2.45, 2.75) is 38.8 Å². The highest BCUT2D eigenvalue weighted by Crippen LogP contribution is 2.37. The summed E-state index contributed by atoms with van der Waals surface area (Å²) in [5.41, 5.74) is 2.53. The fourth-order valence-electron chi connectivity index (χ4n) is 4.24. The van der Waals surface area contributed by atoms with Gasteiger partial charge in [0, 0.05) is 5.56 Å². The zero-order valence-corrected chi connectivity index (χ0v) is 19.6. The minimum atomic E-state index is -5.18. The van der Waals surface area contributed by atoms with Crippen molar-refractivity contribution in [2.75, 3.05) is 0 Å². The molecule has 186 valence electrons.